The number of nitrogens with one attached hydrogen (secondary N) is 1. The van der Waals surface area contributed by atoms with Gasteiger partial charge in [0.2, 0.25) is 0 Å². The second-order valence-electron chi connectivity index (χ2n) is 4.36. The zero-order valence-corrected chi connectivity index (χ0v) is 10.7. The van der Waals surface area contributed by atoms with E-state index in [4.69, 9.17) is 18.0 Å². The molecule has 2 rings (SSSR count). The molecule has 1 aliphatic heterocycles. The van der Waals surface area contributed by atoms with E-state index in [0.29, 0.717) is 5.11 Å². The predicted octanol–water partition coefficient (Wildman–Crippen LogP) is 2.23. The number of nitrogens with zero attached hydrogens (tertiary/aromatic N) is 1. The van der Waals surface area contributed by atoms with Gasteiger partial charge in [-0.2, -0.15) is 0 Å². The Morgan fingerprint density at radius 3 is 2.71 bits per heavy atom. The lowest BCUT2D eigenvalue weighted by Crippen LogP contribution is -2.50. The normalized spacial score (nSPS) is 20.6. The topological polar surface area (TPSA) is 41.3 Å². The van der Waals surface area contributed by atoms with Gasteiger partial charge in [-0.25, -0.2) is 0 Å². The zero-order valence-electron chi connectivity index (χ0n) is 9.93. The Morgan fingerprint density at radius 1 is 1.24 bits per heavy atom. The third kappa shape index (κ3) is 3.17. The number of rotatable bonds is 2. The van der Waals surface area contributed by atoms with Crippen LogP contribution in [0.25, 0.3) is 0 Å². The van der Waals surface area contributed by atoms with E-state index in [1.165, 1.54) is 19.3 Å². The van der Waals surface area contributed by atoms with Gasteiger partial charge in [-0.3, -0.25) is 5.32 Å². The third-order valence-corrected chi connectivity index (χ3v) is 3.31. The second kappa shape index (κ2) is 5.98. The van der Waals surface area contributed by atoms with Crippen molar-refractivity contribution in [1.29, 1.82) is 0 Å². The first-order chi connectivity index (χ1) is 8.29. The standard InChI is InChI=1S/C13H19N3S/c14-13(17)16(11-7-3-1-4-8-11)12-9-5-2-6-10-15-12/h1,3-4,7-8,12,15H,2,5-6,9-10H2,(H2,14,17). The minimum atomic E-state index is 0.234. The van der Waals surface area contributed by atoms with Crippen LogP contribution in [0, 0.1) is 0 Å². The van der Waals surface area contributed by atoms with Gasteiger partial charge in [-0.1, -0.05) is 24.6 Å². The molecule has 0 saturated carbocycles. The van der Waals surface area contributed by atoms with Gasteiger partial charge >= 0.3 is 0 Å². The average molecular weight is 249 g/mol. The van der Waals surface area contributed by atoms with Crippen molar-refractivity contribution in [1.82, 2.24) is 5.32 Å². The van der Waals surface area contributed by atoms with E-state index in [0.717, 1.165) is 18.7 Å². The molecular weight excluding hydrogens is 230 g/mol. The molecular formula is C13H19N3S. The van der Waals surface area contributed by atoms with Crippen molar-refractivity contribution in [3.05, 3.63) is 30.3 Å². The number of benzene rings is 1. The fourth-order valence-corrected chi connectivity index (χ4v) is 2.51. The SMILES string of the molecule is NC(=S)N(c1ccccc1)C1CCCCCN1. The number of thiocarbonyl (C=S) groups is 1. The molecule has 0 amide bonds. The Bertz CT molecular complexity index is 358. The number of para-hydroxylation sites is 1. The Kier molecular flexibility index (Phi) is 4.34. The van der Waals surface area contributed by atoms with Crippen molar-refractivity contribution < 1.29 is 0 Å². The van der Waals surface area contributed by atoms with Crippen molar-refractivity contribution in [3.8, 4) is 0 Å². The zero-order chi connectivity index (χ0) is 12.1. The molecule has 1 aromatic carbocycles. The molecule has 92 valence electrons. The maximum absolute atomic E-state index is 5.87. The first-order valence-corrected chi connectivity index (χ1v) is 6.57. The lowest BCUT2D eigenvalue weighted by atomic mass is 10.2. The maximum atomic E-state index is 5.87. The van der Waals surface area contributed by atoms with Crippen LogP contribution in [0.15, 0.2) is 30.3 Å². The average Bonchev–Trinajstić information content (AvgIpc) is 2.59. The summed E-state index contributed by atoms with van der Waals surface area (Å²) in [4.78, 5) is 2.03. The van der Waals surface area contributed by atoms with Crippen LogP contribution in [0.3, 0.4) is 0 Å². The molecule has 1 heterocycles. The second-order valence-corrected chi connectivity index (χ2v) is 4.78. The molecule has 3 nitrogen and oxygen atoms in total. The highest BCUT2D eigenvalue weighted by molar-refractivity contribution is 7.80. The number of anilines is 1. The van der Waals surface area contributed by atoms with E-state index in [2.05, 4.69) is 5.32 Å². The fourth-order valence-electron chi connectivity index (χ4n) is 2.28. The quantitative estimate of drug-likeness (QED) is 0.789. The van der Waals surface area contributed by atoms with Crippen LogP contribution >= 0.6 is 12.2 Å². The summed E-state index contributed by atoms with van der Waals surface area (Å²) in [7, 11) is 0. The van der Waals surface area contributed by atoms with Gasteiger partial charge in [-0.15, -0.1) is 0 Å². The van der Waals surface area contributed by atoms with Gasteiger partial charge in [-0.05, 0) is 50.2 Å². The summed E-state index contributed by atoms with van der Waals surface area (Å²) in [5, 5.41) is 3.96. The van der Waals surface area contributed by atoms with Crippen molar-refractivity contribution in [3.63, 3.8) is 0 Å². The molecule has 0 aromatic heterocycles. The Balaban J connectivity index is 2.19. The molecule has 17 heavy (non-hydrogen) atoms. The molecule has 3 N–H and O–H groups in total. The highest BCUT2D eigenvalue weighted by Crippen LogP contribution is 2.20. The van der Waals surface area contributed by atoms with Crippen LogP contribution < -0.4 is 16.0 Å². The lowest BCUT2D eigenvalue weighted by molar-refractivity contribution is 0.524. The van der Waals surface area contributed by atoms with E-state index in [-0.39, 0.29) is 6.17 Å². The van der Waals surface area contributed by atoms with E-state index < -0.39 is 0 Å². The molecule has 0 bridgehead atoms. The van der Waals surface area contributed by atoms with Gasteiger partial charge in [0, 0.05) is 5.69 Å². The molecule has 0 spiro atoms. The van der Waals surface area contributed by atoms with Crippen molar-refractivity contribution in [2.45, 2.75) is 31.8 Å². The third-order valence-electron chi connectivity index (χ3n) is 3.12. The van der Waals surface area contributed by atoms with Crippen LogP contribution in [0.5, 0.6) is 0 Å². The van der Waals surface area contributed by atoms with Crippen LogP contribution in [0.1, 0.15) is 25.7 Å². The van der Waals surface area contributed by atoms with Gasteiger partial charge < -0.3 is 10.6 Å². The highest BCUT2D eigenvalue weighted by atomic mass is 32.1. The molecule has 1 fully saturated rings. The minimum Gasteiger partial charge on any atom is -0.376 e. The number of hydrogen-bond donors (Lipinski definition) is 2. The van der Waals surface area contributed by atoms with Crippen LogP contribution in [-0.2, 0) is 0 Å². The summed E-state index contributed by atoms with van der Waals surface area (Å²) in [6.07, 6.45) is 5.06. The summed E-state index contributed by atoms with van der Waals surface area (Å²) in [5.41, 5.74) is 6.94. The Labute approximate surface area is 108 Å². The Hall–Kier alpha value is -1.13. The van der Waals surface area contributed by atoms with Crippen molar-refractivity contribution in [2.24, 2.45) is 5.73 Å². The molecule has 4 heteroatoms. The van der Waals surface area contributed by atoms with E-state index in [1.54, 1.807) is 0 Å². The van der Waals surface area contributed by atoms with Crippen molar-refractivity contribution >= 4 is 23.0 Å². The predicted molar refractivity (Wildman–Crippen MR) is 76.0 cm³/mol. The van der Waals surface area contributed by atoms with Crippen LogP contribution in [0.4, 0.5) is 5.69 Å². The van der Waals surface area contributed by atoms with Gasteiger partial charge in [0.25, 0.3) is 0 Å². The van der Waals surface area contributed by atoms with Gasteiger partial charge in [0.1, 0.15) is 0 Å². The fraction of sp³-hybridized carbons (Fsp3) is 0.462. The number of hydrogen-bond acceptors (Lipinski definition) is 2. The molecule has 1 aromatic rings. The summed E-state index contributed by atoms with van der Waals surface area (Å²) in [5.74, 6) is 0. The molecule has 0 radical (unpaired) electrons. The molecule has 1 atom stereocenters. The molecule has 1 aliphatic rings. The summed E-state index contributed by atoms with van der Waals surface area (Å²) in [6, 6.07) is 10.1. The van der Waals surface area contributed by atoms with E-state index in [9.17, 15) is 0 Å². The highest BCUT2D eigenvalue weighted by Gasteiger charge is 2.21. The minimum absolute atomic E-state index is 0.234. The Morgan fingerprint density at radius 2 is 2.00 bits per heavy atom. The molecule has 1 unspecified atom stereocenters. The largest absolute Gasteiger partial charge is 0.376 e. The molecule has 1 saturated heterocycles. The molecule has 0 aliphatic carbocycles. The first kappa shape index (κ1) is 12.3. The number of nitrogens with two attached hydrogens (primary N) is 1. The summed E-state index contributed by atoms with van der Waals surface area (Å²) in [6.45, 7) is 1.04. The maximum Gasteiger partial charge on any atom is 0.172 e. The first-order valence-electron chi connectivity index (χ1n) is 6.16. The summed E-state index contributed by atoms with van der Waals surface area (Å²) < 4.78 is 0. The lowest BCUT2D eigenvalue weighted by Gasteiger charge is -2.32. The van der Waals surface area contributed by atoms with E-state index in [1.807, 2.05) is 35.2 Å². The van der Waals surface area contributed by atoms with Crippen LogP contribution in [0.2, 0.25) is 0 Å². The van der Waals surface area contributed by atoms with Gasteiger partial charge in [0.15, 0.2) is 5.11 Å². The smallest absolute Gasteiger partial charge is 0.172 e. The summed E-state index contributed by atoms with van der Waals surface area (Å²) >= 11 is 5.19. The van der Waals surface area contributed by atoms with E-state index >= 15 is 0 Å². The van der Waals surface area contributed by atoms with Crippen LogP contribution in [-0.4, -0.2) is 17.8 Å². The van der Waals surface area contributed by atoms with Gasteiger partial charge in [0.05, 0.1) is 6.17 Å². The van der Waals surface area contributed by atoms with Crippen molar-refractivity contribution in [2.75, 3.05) is 11.4 Å². The monoisotopic (exact) mass is 249 g/mol.